The normalized spacial score (nSPS) is 17.7. The highest BCUT2D eigenvalue weighted by molar-refractivity contribution is 5.77. The van der Waals surface area contributed by atoms with Crippen molar-refractivity contribution in [1.82, 2.24) is 15.5 Å². The van der Waals surface area contributed by atoms with Gasteiger partial charge in [-0.3, -0.25) is 9.69 Å². The van der Waals surface area contributed by atoms with E-state index in [9.17, 15) is 4.79 Å². The van der Waals surface area contributed by atoms with Crippen LogP contribution in [0.2, 0.25) is 0 Å². The summed E-state index contributed by atoms with van der Waals surface area (Å²) in [5.74, 6) is 2.88. The van der Waals surface area contributed by atoms with Gasteiger partial charge in [-0.05, 0) is 12.8 Å². The number of hydrogen-bond donors (Lipinski definition) is 2. The van der Waals surface area contributed by atoms with Crippen molar-refractivity contribution in [3.8, 4) is 12.3 Å². The summed E-state index contributed by atoms with van der Waals surface area (Å²) in [6.45, 7) is 8.27. The monoisotopic (exact) mass is 251 g/mol. The van der Waals surface area contributed by atoms with E-state index in [1.54, 1.807) is 0 Å². The Hall–Kier alpha value is -1.05. The second-order valence-electron chi connectivity index (χ2n) is 5.15. The van der Waals surface area contributed by atoms with Gasteiger partial charge in [0.2, 0.25) is 5.91 Å². The fraction of sp³-hybridized carbons (Fsp3) is 0.786. The van der Waals surface area contributed by atoms with Crippen molar-refractivity contribution < 1.29 is 4.79 Å². The molecule has 102 valence electrons. The predicted molar refractivity (Wildman–Crippen MR) is 74.1 cm³/mol. The van der Waals surface area contributed by atoms with Crippen LogP contribution in [-0.2, 0) is 4.79 Å². The second kappa shape index (κ2) is 8.12. The molecule has 0 aromatic carbocycles. The number of rotatable bonds is 6. The Morgan fingerprint density at radius 2 is 2.06 bits per heavy atom. The summed E-state index contributed by atoms with van der Waals surface area (Å²) >= 11 is 0. The van der Waals surface area contributed by atoms with E-state index in [0.29, 0.717) is 12.6 Å². The number of likely N-dealkylation sites (tertiary alicyclic amines) is 1. The number of nitrogens with zero attached hydrogens (tertiary/aromatic N) is 1. The van der Waals surface area contributed by atoms with Crippen molar-refractivity contribution in [3.05, 3.63) is 0 Å². The van der Waals surface area contributed by atoms with Gasteiger partial charge in [-0.2, -0.15) is 0 Å². The predicted octanol–water partition coefficient (Wildman–Crippen LogP) is 0.446. The van der Waals surface area contributed by atoms with E-state index in [-0.39, 0.29) is 11.8 Å². The number of piperidine rings is 1. The van der Waals surface area contributed by atoms with E-state index in [0.717, 1.165) is 39.0 Å². The van der Waals surface area contributed by atoms with Crippen molar-refractivity contribution in [2.24, 2.45) is 5.92 Å². The van der Waals surface area contributed by atoms with Crippen molar-refractivity contribution in [2.75, 3.05) is 32.7 Å². The Labute approximate surface area is 110 Å². The Morgan fingerprint density at radius 3 is 2.61 bits per heavy atom. The Morgan fingerprint density at radius 1 is 1.39 bits per heavy atom. The van der Waals surface area contributed by atoms with Gasteiger partial charge in [0.05, 0.1) is 6.54 Å². The molecule has 18 heavy (non-hydrogen) atoms. The van der Waals surface area contributed by atoms with Gasteiger partial charge in [0.1, 0.15) is 0 Å². The van der Waals surface area contributed by atoms with Crippen LogP contribution in [0.4, 0.5) is 0 Å². The lowest BCUT2D eigenvalue weighted by atomic mass is 10.1. The highest BCUT2D eigenvalue weighted by Crippen LogP contribution is 2.09. The lowest BCUT2D eigenvalue weighted by Crippen LogP contribution is -2.45. The molecule has 4 nitrogen and oxygen atoms in total. The molecule has 0 atom stereocenters. The average Bonchev–Trinajstić information content (AvgIpc) is 2.36. The molecule has 0 radical (unpaired) electrons. The Bertz CT molecular complexity index is 288. The van der Waals surface area contributed by atoms with E-state index in [1.807, 2.05) is 13.8 Å². The quantitative estimate of drug-likeness (QED) is 0.532. The molecular weight excluding hydrogens is 226 g/mol. The summed E-state index contributed by atoms with van der Waals surface area (Å²) in [6.07, 6.45) is 7.57. The molecule has 0 aliphatic carbocycles. The first kappa shape index (κ1) is 15.0. The molecular formula is C14H25N3O. The molecule has 0 spiro atoms. The molecule has 1 rings (SSSR count). The molecule has 0 unspecified atom stereocenters. The molecule has 1 saturated heterocycles. The topological polar surface area (TPSA) is 44.4 Å². The van der Waals surface area contributed by atoms with Gasteiger partial charge in [-0.25, -0.2) is 0 Å². The number of carbonyl (C=O) groups is 1. The first-order valence-electron chi connectivity index (χ1n) is 6.80. The van der Waals surface area contributed by atoms with Gasteiger partial charge in [0.25, 0.3) is 0 Å². The van der Waals surface area contributed by atoms with Gasteiger partial charge < -0.3 is 10.6 Å². The molecule has 0 aromatic rings. The molecule has 0 saturated carbocycles. The van der Waals surface area contributed by atoms with Crippen molar-refractivity contribution in [1.29, 1.82) is 0 Å². The maximum Gasteiger partial charge on any atom is 0.222 e. The molecule has 1 amide bonds. The first-order valence-corrected chi connectivity index (χ1v) is 6.80. The third kappa shape index (κ3) is 5.52. The van der Waals surface area contributed by atoms with Crippen molar-refractivity contribution >= 4 is 5.91 Å². The molecule has 4 heteroatoms. The molecule has 1 fully saturated rings. The zero-order chi connectivity index (χ0) is 13.4. The smallest absolute Gasteiger partial charge is 0.222 e. The summed E-state index contributed by atoms with van der Waals surface area (Å²) < 4.78 is 0. The molecule has 1 aliphatic heterocycles. The third-order valence-corrected chi connectivity index (χ3v) is 3.28. The Balaban J connectivity index is 2.05. The fourth-order valence-corrected chi connectivity index (χ4v) is 2.09. The molecule has 1 heterocycles. The molecule has 1 aliphatic rings. The zero-order valence-corrected chi connectivity index (χ0v) is 11.5. The number of amides is 1. The van der Waals surface area contributed by atoms with Crippen LogP contribution in [0.15, 0.2) is 0 Å². The van der Waals surface area contributed by atoms with Crippen LogP contribution in [0.25, 0.3) is 0 Å². The van der Waals surface area contributed by atoms with Crippen LogP contribution in [0.3, 0.4) is 0 Å². The molecule has 0 aromatic heterocycles. The van der Waals surface area contributed by atoms with Crippen LogP contribution in [0, 0.1) is 18.3 Å². The minimum Gasteiger partial charge on any atom is -0.355 e. The van der Waals surface area contributed by atoms with Crippen LogP contribution < -0.4 is 10.6 Å². The van der Waals surface area contributed by atoms with Gasteiger partial charge in [0, 0.05) is 38.1 Å². The van der Waals surface area contributed by atoms with Gasteiger partial charge in [-0.15, -0.1) is 6.42 Å². The maximum atomic E-state index is 11.3. The van der Waals surface area contributed by atoms with Crippen LogP contribution in [0.5, 0.6) is 0 Å². The van der Waals surface area contributed by atoms with Gasteiger partial charge in [0.15, 0.2) is 0 Å². The van der Waals surface area contributed by atoms with Crippen molar-refractivity contribution in [2.45, 2.75) is 32.7 Å². The third-order valence-electron chi connectivity index (χ3n) is 3.28. The van der Waals surface area contributed by atoms with Gasteiger partial charge >= 0.3 is 0 Å². The SMILES string of the molecule is C#CCN1CCC(NCCNC(=O)C(C)C)CC1. The van der Waals surface area contributed by atoms with E-state index in [2.05, 4.69) is 21.5 Å². The summed E-state index contributed by atoms with van der Waals surface area (Å²) in [5.41, 5.74) is 0. The Kier molecular flexibility index (Phi) is 6.77. The largest absolute Gasteiger partial charge is 0.355 e. The fourth-order valence-electron chi connectivity index (χ4n) is 2.09. The summed E-state index contributed by atoms with van der Waals surface area (Å²) in [7, 11) is 0. The van der Waals surface area contributed by atoms with Crippen LogP contribution in [0.1, 0.15) is 26.7 Å². The van der Waals surface area contributed by atoms with E-state index in [4.69, 9.17) is 6.42 Å². The van der Waals surface area contributed by atoms with Crippen molar-refractivity contribution in [3.63, 3.8) is 0 Å². The summed E-state index contributed by atoms with van der Waals surface area (Å²) in [4.78, 5) is 13.6. The average molecular weight is 251 g/mol. The standard InChI is InChI=1S/C14H25N3O/c1-4-9-17-10-5-13(6-11-17)15-7-8-16-14(18)12(2)3/h1,12-13,15H,5-11H2,2-3H3,(H,16,18). The van der Waals surface area contributed by atoms with Crippen LogP contribution >= 0.6 is 0 Å². The van der Waals surface area contributed by atoms with Crippen LogP contribution in [-0.4, -0.2) is 49.6 Å². The second-order valence-corrected chi connectivity index (χ2v) is 5.15. The maximum absolute atomic E-state index is 11.3. The lowest BCUT2D eigenvalue weighted by Gasteiger charge is -2.31. The molecule has 2 N–H and O–H groups in total. The van der Waals surface area contributed by atoms with E-state index in [1.165, 1.54) is 0 Å². The lowest BCUT2D eigenvalue weighted by molar-refractivity contribution is -0.123. The summed E-state index contributed by atoms with van der Waals surface area (Å²) in [6, 6.07) is 0.565. The number of nitrogens with one attached hydrogen (secondary N) is 2. The number of carbonyl (C=O) groups excluding carboxylic acids is 1. The van der Waals surface area contributed by atoms with Gasteiger partial charge in [-0.1, -0.05) is 19.8 Å². The minimum atomic E-state index is 0.0667. The minimum absolute atomic E-state index is 0.0667. The molecule has 0 bridgehead atoms. The van der Waals surface area contributed by atoms with E-state index >= 15 is 0 Å². The van der Waals surface area contributed by atoms with E-state index < -0.39 is 0 Å². The highest BCUT2D eigenvalue weighted by atomic mass is 16.1. The first-order chi connectivity index (χ1) is 8.63. The summed E-state index contributed by atoms with van der Waals surface area (Å²) in [5, 5.41) is 6.40. The number of terminal acetylenes is 1. The highest BCUT2D eigenvalue weighted by Gasteiger charge is 2.17. The number of hydrogen-bond acceptors (Lipinski definition) is 3. The zero-order valence-electron chi connectivity index (χ0n) is 11.5.